The van der Waals surface area contributed by atoms with Crippen LogP contribution in [-0.4, -0.2) is 22.7 Å². The second-order valence-electron chi connectivity index (χ2n) is 3.36. The van der Waals surface area contributed by atoms with Crippen molar-refractivity contribution in [3.8, 4) is 5.75 Å². The van der Waals surface area contributed by atoms with Gasteiger partial charge in [-0.1, -0.05) is 6.07 Å². The minimum Gasteiger partial charge on any atom is -0.508 e. The Bertz CT molecular complexity index is 431. The molecule has 4 nitrogen and oxygen atoms in total. The minimum atomic E-state index is -4.74. The van der Waals surface area contributed by atoms with Crippen LogP contribution in [0.3, 0.4) is 0 Å². The molecule has 1 rings (SSSR count). The molecular formula is C10H10F3NO3. The molecule has 1 aromatic carbocycles. The first-order valence-electron chi connectivity index (χ1n) is 4.61. The van der Waals surface area contributed by atoms with E-state index >= 15 is 0 Å². The van der Waals surface area contributed by atoms with Crippen LogP contribution in [0.1, 0.15) is 17.0 Å². The summed E-state index contributed by atoms with van der Waals surface area (Å²) in [4.78, 5) is 10.8. The molecule has 0 fully saturated rings. The zero-order chi connectivity index (χ0) is 13.2. The Morgan fingerprint density at radius 2 is 2.00 bits per heavy atom. The van der Waals surface area contributed by atoms with E-state index in [0.29, 0.717) is 6.07 Å². The van der Waals surface area contributed by atoms with Crippen LogP contribution in [0, 0.1) is 0 Å². The standard InChI is InChI=1S/C10H10F3NO3/c11-10(12,13)6-2-1-3-7(15)8(6)5(4-14)9(16)17/h1-3,5,15H,4,14H2,(H,16,17). The lowest BCUT2D eigenvalue weighted by molar-refractivity contribution is -0.141. The number of hydrogen-bond acceptors (Lipinski definition) is 3. The van der Waals surface area contributed by atoms with Crippen LogP contribution >= 0.6 is 0 Å². The van der Waals surface area contributed by atoms with Gasteiger partial charge in [0.1, 0.15) is 5.75 Å². The molecule has 0 aliphatic rings. The molecule has 1 unspecified atom stereocenters. The number of carbonyl (C=O) groups is 1. The Kier molecular flexibility index (Phi) is 3.62. The molecule has 0 aliphatic heterocycles. The van der Waals surface area contributed by atoms with Gasteiger partial charge in [0, 0.05) is 12.1 Å². The van der Waals surface area contributed by atoms with Crippen molar-refractivity contribution in [2.75, 3.05) is 6.54 Å². The number of carboxylic acid groups (broad SMARTS) is 1. The van der Waals surface area contributed by atoms with E-state index in [-0.39, 0.29) is 0 Å². The minimum absolute atomic E-state index is 0.532. The quantitative estimate of drug-likeness (QED) is 0.758. The van der Waals surface area contributed by atoms with E-state index in [0.717, 1.165) is 12.1 Å². The Hall–Kier alpha value is -1.76. The zero-order valence-corrected chi connectivity index (χ0v) is 8.53. The maximum Gasteiger partial charge on any atom is 0.416 e. The molecule has 7 heteroatoms. The Balaban J connectivity index is 3.44. The highest BCUT2D eigenvalue weighted by atomic mass is 19.4. The number of aromatic hydroxyl groups is 1. The maximum absolute atomic E-state index is 12.6. The van der Waals surface area contributed by atoms with Crippen LogP contribution in [0.4, 0.5) is 13.2 Å². The van der Waals surface area contributed by atoms with Crippen LogP contribution in [0.2, 0.25) is 0 Å². The fourth-order valence-corrected chi connectivity index (χ4v) is 1.51. The molecule has 0 aliphatic carbocycles. The normalized spacial score (nSPS) is 13.4. The van der Waals surface area contributed by atoms with Crippen LogP contribution in [0.5, 0.6) is 5.75 Å². The van der Waals surface area contributed by atoms with Gasteiger partial charge in [-0.3, -0.25) is 4.79 Å². The lowest BCUT2D eigenvalue weighted by Crippen LogP contribution is -2.24. The lowest BCUT2D eigenvalue weighted by Gasteiger charge is -2.18. The predicted molar refractivity (Wildman–Crippen MR) is 52.5 cm³/mol. The van der Waals surface area contributed by atoms with E-state index in [1.807, 2.05) is 0 Å². The highest BCUT2D eigenvalue weighted by Gasteiger charge is 2.38. The average Bonchev–Trinajstić information content (AvgIpc) is 2.19. The monoisotopic (exact) mass is 249 g/mol. The van der Waals surface area contributed by atoms with E-state index in [4.69, 9.17) is 10.8 Å². The Morgan fingerprint density at radius 1 is 1.41 bits per heavy atom. The van der Waals surface area contributed by atoms with Gasteiger partial charge in [0.05, 0.1) is 11.5 Å². The highest BCUT2D eigenvalue weighted by Crippen LogP contribution is 2.39. The van der Waals surface area contributed by atoms with E-state index in [2.05, 4.69) is 0 Å². The second kappa shape index (κ2) is 4.62. The largest absolute Gasteiger partial charge is 0.508 e. The fraction of sp³-hybridized carbons (Fsp3) is 0.300. The third-order valence-electron chi connectivity index (χ3n) is 2.27. The van der Waals surface area contributed by atoms with Crippen LogP contribution in [-0.2, 0) is 11.0 Å². The van der Waals surface area contributed by atoms with E-state index in [1.54, 1.807) is 0 Å². The van der Waals surface area contributed by atoms with Gasteiger partial charge in [-0.25, -0.2) is 0 Å². The number of halogens is 3. The van der Waals surface area contributed by atoms with E-state index in [1.165, 1.54) is 0 Å². The number of hydrogen-bond donors (Lipinski definition) is 3. The molecule has 94 valence electrons. The molecule has 0 aromatic heterocycles. The summed E-state index contributed by atoms with van der Waals surface area (Å²) in [7, 11) is 0. The SMILES string of the molecule is NCC(C(=O)O)c1c(O)cccc1C(F)(F)F. The van der Waals surface area contributed by atoms with Crippen molar-refractivity contribution >= 4 is 5.97 Å². The van der Waals surface area contributed by atoms with E-state index in [9.17, 15) is 23.1 Å². The summed E-state index contributed by atoms with van der Waals surface area (Å²) in [5.74, 6) is -3.83. The maximum atomic E-state index is 12.6. The number of rotatable bonds is 3. The first-order valence-corrected chi connectivity index (χ1v) is 4.61. The number of nitrogens with two attached hydrogens (primary N) is 1. The summed E-state index contributed by atoms with van der Waals surface area (Å²) in [6.45, 7) is -0.532. The molecular weight excluding hydrogens is 239 g/mol. The predicted octanol–water partition coefficient (Wildman–Crippen LogP) is 1.54. The molecule has 0 spiro atoms. The molecule has 0 amide bonds. The van der Waals surface area contributed by atoms with Crippen LogP contribution in [0.15, 0.2) is 18.2 Å². The topological polar surface area (TPSA) is 83.6 Å². The number of aliphatic carboxylic acids is 1. The summed E-state index contributed by atoms with van der Waals surface area (Å²) in [6.07, 6.45) is -4.74. The third-order valence-corrected chi connectivity index (χ3v) is 2.27. The fourth-order valence-electron chi connectivity index (χ4n) is 1.51. The number of carboxylic acids is 1. The third kappa shape index (κ3) is 2.68. The average molecular weight is 249 g/mol. The lowest BCUT2D eigenvalue weighted by atomic mass is 9.93. The van der Waals surface area contributed by atoms with Crippen molar-refractivity contribution in [1.82, 2.24) is 0 Å². The first kappa shape index (κ1) is 13.3. The Labute approximate surface area is 94.5 Å². The Morgan fingerprint density at radius 3 is 2.41 bits per heavy atom. The summed E-state index contributed by atoms with van der Waals surface area (Å²) in [6, 6.07) is 2.70. The van der Waals surface area contributed by atoms with Crippen molar-refractivity contribution in [2.24, 2.45) is 5.73 Å². The van der Waals surface area contributed by atoms with Gasteiger partial charge >= 0.3 is 12.1 Å². The molecule has 17 heavy (non-hydrogen) atoms. The second-order valence-corrected chi connectivity index (χ2v) is 3.36. The van der Waals surface area contributed by atoms with Crippen LogP contribution < -0.4 is 5.73 Å². The van der Waals surface area contributed by atoms with Gasteiger partial charge in [0.25, 0.3) is 0 Å². The van der Waals surface area contributed by atoms with Crippen molar-refractivity contribution in [3.05, 3.63) is 29.3 Å². The van der Waals surface area contributed by atoms with Gasteiger partial charge in [0.15, 0.2) is 0 Å². The van der Waals surface area contributed by atoms with Crippen molar-refractivity contribution in [3.63, 3.8) is 0 Å². The van der Waals surface area contributed by atoms with Gasteiger partial charge in [-0.05, 0) is 12.1 Å². The molecule has 0 bridgehead atoms. The summed E-state index contributed by atoms with van der Waals surface area (Å²) < 4.78 is 37.9. The number of alkyl halides is 3. The highest BCUT2D eigenvalue weighted by molar-refractivity contribution is 5.78. The summed E-state index contributed by atoms with van der Waals surface area (Å²) >= 11 is 0. The number of benzene rings is 1. The molecule has 1 aromatic rings. The van der Waals surface area contributed by atoms with E-state index < -0.39 is 41.5 Å². The van der Waals surface area contributed by atoms with Crippen molar-refractivity contribution in [2.45, 2.75) is 12.1 Å². The zero-order valence-electron chi connectivity index (χ0n) is 8.53. The van der Waals surface area contributed by atoms with Gasteiger partial charge in [-0.15, -0.1) is 0 Å². The van der Waals surface area contributed by atoms with Gasteiger partial charge < -0.3 is 15.9 Å². The summed E-state index contributed by atoms with van der Waals surface area (Å²) in [5, 5.41) is 18.2. The van der Waals surface area contributed by atoms with Gasteiger partial charge in [0.2, 0.25) is 0 Å². The first-order chi connectivity index (χ1) is 7.79. The number of phenols is 1. The molecule has 4 N–H and O–H groups in total. The summed E-state index contributed by atoms with van der Waals surface area (Å²) in [5.41, 5.74) is 3.24. The molecule has 1 atom stereocenters. The van der Waals surface area contributed by atoms with Crippen molar-refractivity contribution in [1.29, 1.82) is 0 Å². The smallest absolute Gasteiger partial charge is 0.416 e. The molecule has 0 saturated heterocycles. The van der Waals surface area contributed by atoms with Crippen molar-refractivity contribution < 1.29 is 28.2 Å². The molecule has 0 radical (unpaired) electrons. The van der Waals surface area contributed by atoms with Crippen LogP contribution in [0.25, 0.3) is 0 Å². The molecule has 0 heterocycles. The number of phenolic OH excluding ortho intramolecular Hbond substituents is 1. The molecule has 0 saturated carbocycles. The van der Waals surface area contributed by atoms with Gasteiger partial charge in [-0.2, -0.15) is 13.2 Å².